The minimum Gasteiger partial charge on any atom is -0.370 e. The van der Waals surface area contributed by atoms with E-state index in [-0.39, 0.29) is 5.91 Å². The molecule has 26 heavy (non-hydrogen) atoms. The number of piperidine rings is 1. The van der Waals surface area contributed by atoms with Crippen LogP contribution in [0.4, 0.5) is 5.69 Å². The number of amides is 1. The summed E-state index contributed by atoms with van der Waals surface area (Å²) in [7, 11) is 4.12. The van der Waals surface area contributed by atoms with Gasteiger partial charge >= 0.3 is 0 Å². The predicted molar refractivity (Wildman–Crippen MR) is 104 cm³/mol. The van der Waals surface area contributed by atoms with Gasteiger partial charge in [-0.1, -0.05) is 0 Å². The van der Waals surface area contributed by atoms with E-state index in [1.807, 2.05) is 13.1 Å². The number of anilines is 1. The third-order valence-electron chi connectivity index (χ3n) is 6.96. The Morgan fingerprint density at radius 3 is 2.54 bits per heavy atom. The number of rotatable bonds is 3. The topological polar surface area (TPSA) is 30.0 Å². The molecule has 0 atom stereocenters. The van der Waals surface area contributed by atoms with Gasteiger partial charge in [0, 0.05) is 63.0 Å². The first-order valence-corrected chi connectivity index (χ1v) is 10.1. The Kier molecular flexibility index (Phi) is 3.80. The first kappa shape index (κ1) is 16.6. The molecule has 1 amide bonds. The van der Waals surface area contributed by atoms with Gasteiger partial charge in [0.1, 0.15) is 0 Å². The summed E-state index contributed by atoms with van der Waals surface area (Å²) in [6.07, 6.45) is 2.74. The van der Waals surface area contributed by atoms with Gasteiger partial charge in [-0.2, -0.15) is 0 Å². The van der Waals surface area contributed by atoms with Gasteiger partial charge < -0.3 is 19.6 Å². The Labute approximate surface area is 156 Å². The van der Waals surface area contributed by atoms with Crippen LogP contribution in [0.25, 0.3) is 0 Å². The lowest BCUT2D eigenvalue weighted by Gasteiger charge is -2.61. The monoisotopic (exact) mass is 354 g/mol. The van der Waals surface area contributed by atoms with Crippen molar-refractivity contribution < 1.29 is 4.79 Å². The highest BCUT2D eigenvalue weighted by atomic mass is 16.2. The number of fused-ring (bicyclic) bond motifs is 1. The highest BCUT2D eigenvalue weighted by molar-refractivity contribution is 5.98. The van der Waals surface area contributed by atoms with E-state index in [2.05, 4.69) is 33.9 Å². The molecule has 1 aromatic rings. The van der Waals surface area contributed by atoms with Gasteiger partial charge in [0.15, 0.2) is 0 Å². The van der Waals surface area contributed by atoms with E-state index in [0.29, 0.717) is 5.41 Å². The number of hydrogen-bond acceptors (Lipinski definition) is 4. The molecule has 4 aliphatic rings. The van der Waals surface area contributed by atoms with E-state index in [4.69, 9.17) is 0 Å². The van der Waals surface area contributed by atoms with E-state index >= 15 is 0 Å². The zero-order valence-electron chi connectivity index (χ0n) is 16.1. The van der Waals surface area contributed by atoms with Gasteiger partial charge in [-0.25, -0.2) is 0 Å². The van der Waals surface area contributed by atoms with Crippen LogP contribution in [0.3, 0.4) is 0 Å². The fourth-order valence-corrected chi connectivity index (χ4v) is 5.44. The summed E-state index contributed by atoms with van der Waals surface area (Å²) in [5.74, 6) is 1.07. The second-order valence-corrected chi connectivity index (χ2v) is 9.28. The molecule has 0 unspecified atom stereocenters. The van der Waals surface area contributed by atoms with Crippen LogP contribution < -0.4 is 4.90 Å². The van der Waals surface area contributed by atoms with Crippen molar-refractivity contribution in [1.82, 2.24) is 14.7 Å². The number of likely N-dealkylation sites (tertiary alicyclic amines) is 2. The Morgan fingerprint density at radius 1 is 1.08 bits per heavy atom. The smallest absolute Gasteiger partial charge is 0.254 e. The average molecular weight is 354 g/mol. The predicted octanol–water partition coefficient (Wildman–Crippen LogP) is 1.74. The summed E-state index contributed by atoms with van der Waals surface area (Å²) in [6, 6.07) is 6.39. The number of nitrogens with zero attached hydrogens (tertiary/aromatic N) is 4. The van der Waals surface area contributed by atoms with E-state index in [0.717, 1.165) is 18.0 Å². The second-order valence-electron chi connectivity index (χ2n) is 9.28. The molecule has 3 saturated heterocycles. The van der Waals surface area contributed by atoms with E-state index in [1.54, 1.807) is 4.90 Å². The third-order valence-corrected chi connectivity index (χ3v) is 6.96. The summed E-state index contributed by atoms with van der Waals surface area (Å²) >= 11 is 0. The first-order chi connectivity index (χ1) is 12.5. The average Bonchev–Trinajstić information content (AvgIpc) is 2.84. The molecule has 0 saturated carbocycles. The van der Waals surface area contributed by atoms with Gasteiger partial charge in [-0.05, 0) is 62.7 Å². The molecule has 1 spiro atoms. The molecule has 0 aromatic heterocycles. The van der Waals surface area contributed by atoms with Crippen LogP contribution in [0, 0.1) is 11.3 Å². The van der Waals surface area contributed by atoms with E-state index < -0.39 is 0 Å². The van der Waals surface area contributed by atoms with Crippen LogP contribution in [0.1, 0.15) is 28.8 Å². The molecule has 0 radical (unpaired) electrons. The number of benzene rings is 1. The van der Waals surface area contributed by atoms with Crippen LogP contribution in [0.15, 0.2) is 18.2 Å². The summed E-state index contributed by atoms with van der Waals surface area (Å²) in [5.41, 5.74) is 3.91. The van der Waals surface area contributed by atoms with E-state index in [9.17, 15) is 4.79 Å². The third kappa shape index (κ3) is 2.72. The normalized spacial score (nSPS) is 26.2. The maximum absolute atomic E-state index is 12.0. The molecule has 5 heteroatoms. The van der Waals surface area contributed by atoms with Crippen LogP contribution in [-0.4, -0.2) is 80.5 Å². The van der Waals surface area contributed by atoms with Crippen LogP contribution >= 0.6 is 0 Å². The molecule has 0 N–H and O–H groups in total. The Balaban J connectivity index is 1.13. The van der Waals surface area contributed by atoms with Crippen LogP contribution in [0.5, 0.6) is 0 Å². The van der Waals surface area contributed by atoms with Crippen molar-refractivity contribution in [2.75, 3.05) is 64.8 Å². The van der Waals surface area contributed by atoms with Gasteiger partial charge in [-0.3, -0.25) is 4.79 Å². The molecule has 140 valence electrons. The molecule has 3 fully saturated rings. The number of carbonyl (C=O) groups excluding carboxylic acids is 1. The van der Waals surface area contributed by atoms with Crippen molar-refractivity contribution in [1.29, 1.82) is 0 Å². The molecule has 5 nitrogen and oxygen atoms in total. The molecule has 1 aromatic carbocycles. The highest BCUT2D eigenvalue weighted by Crippen LogP contribution is 2.43. The second kappa shape index (κ2) is 5.96. The van der Waals surface area contributed by atoms with E-state index in [1.165, 1.54) is 69.9 Å². The lowest BCUT2D eigenvalue weighted by molar-refractivity contribution is -0.0351. The van der Waals surface area contributed by atoms with Crippen molar-refractivity contribution in [2.24, 2.45) is 11.3 Å². The maximum Gasteiger partial charge on any atom is 0.254 e. The summed E-state index contributed by atoms with van der Waals surface area (Å²) in [5, 5.41) is 0. The largest absolute Gasteiger partial charge is 0.370 e. The molecular formula is C21H30N4O. The number of carbonyl (C=O) groups is 1. The maximum atomic E-state index is 12.0. The summed E-state index contributed by atoms with van der Waals surface area (Å²) in [6.45, 7) is 9.53. The SMILES string of the molecule is CN1CCC(CN2CC3(C2)CN(c2ccc4c(c2)CN(C)C4=O)C3)CC1. The quantitative estimate of drug-likeness (QED) is 0.827. The van der Waals surface area contributed by atoms with Crippen molar-refractivity contribution >= 4 is 11.6 Å². The first-order valence-electron chi connectivity index (χ1n) is 10.1. The summed E-state index contributed by atoms with van der Waals surface area (Å²) < 4.78 is 0. The molecule has 0 aliphatic carbocycles. The van der Waals surface area contributed by atoms with Crippen molar-refractivity contribution in [3.05, 3.63) is 29.3 Å². The van der Waals surface area contributed by atoms with Gasteiger partial charge in [0.25, 0.3) is 5.91 Å². The molecular weight excluding hydrogens is 324 g/mol. The molecule has 0 bridgehead atoms. The van der Waals surface area contributed by atoms with Crippen molar-refractivity contribution in [3.8, 4) is 0 Å². The standard InChI is InChI=1S/C21H30N4O/c1-22-7-5-16(6-8-22)10-24-12-21(13-24)14-25(15-21)18-3-4-19-17(9-18)11-23(2)20(19)26/h3-4,9,16H,5-8,10-15H2,1-2H3. The zero-order valence-corrected chi connectivity index (χ0v) is 16.1. The summed E-state index contributed by atoms with van der Waals surface area (Å²) in [4.78, 5) is 21.5. The Morgan fingerprint density at radius 2 is 1.81 bits per heavy atom. The number of hydrogen-bond donors (Lipinski definition) is 0. The molecule has 4 heterocycles. The van der Waals surface area contributed by atoms with Crippen LogP contribution in [0.2, 0.25) is 0 Å². The lowest BCUT2D eigenvalue weighted by Crippen LogP contribution is -2.72. The van der Waals surface area contributed by atoms with Crippen molar-refractivity contribution in [2.45, 2.75) is 19.4 Å². The fourth-order valence-electron chi connectivity index (χ4n) is 5.44. The van der Waals surface area contributed by atoms with Gasteiger partial charge in [0.2, 0.25) is 0 Å². The highest BCUT2D eigenvalue weighted by Gasteiger charge is 2.51. The zero-order chi connectivity index (χ0) is 17.9. The lowest BCUT2D eigenvalue weighted by atomic mass is 9.72. The van der Waals surface area contributed by atoms with Gasteiger partial charge in [-0.15, -0.1) is 0 Å². The van der Waals surface area contributed by atoms with Crippen molar-refractivity contribution in [3.63, 3.8) is 0 Å². The van der Waals surface area contributed by atoms with Crippen LogP contribution in [-0.2, 0) is 6.54 Å². The molecule has 4 aliphatic heterocycles. The Hall–Kier alpha value is -1.59. The fraction of sp³-hybridized carbons (Fsp3) is 0.667. The van der Waals surface area contributed by atoms with Gasteiger partial charge in [0.05, 0.1) is 0 Å². The Bertz CT molecular complexity index is 711. The molecule has 5 rings (SSSR count). The minimum atomic E-state index is 0.162. The minimum absolute atomic E-state index is 0.162.